The predicted molar refractivity (Wildman–Crippen MR) is 80.6 cm³/mol. The fourth-order valence-corrected chi connectivity index (χ4v) is 3.15. The largest absolute Gasteiger partial charge is 0.290 e. The molecule has 0 saturated heterocycles. The predicted octanol–water partition coefficient (Wildman–Crippen LogP) is 6.60. The zero-order valence-electron chi connectivity index (χ0n) is 9.88. The molecule has 19 heavy (non-hydrogen) atoms. The highest BCUT2D eigenvalue weighted by Gasteiger charge is 2.19. The first-order valence-corrected chi connectivity index (χ1v) is 7.01. The van der Waals surface area contributed by atoms with Crippen LogP contribution in [0.4, 0.5) is 0 Å². The maximum Gasteiger partial charge on any atom is 0.185 e. The summed E-state index contributed by atoms with van der Waals surface area (Å²) in [4.78, 5) is 0. The van der Waals surface area contributed by atoms with E-state index in [0.717, 1.165) is 5.56 Å². The number of benzene rings is 2. The molecule has 0 spiro atoms. The van der Waals surface area contributed by atoms with Gasteiger partial charge < -0.3 is 0 Å². The van der Waals surface area contributed by atoms with Crippen molar-refractivity contribution in [2.45, 2.75) is 12.8 Å². The van der Waals surface area contributed by atoms with Gasteiger partial charge in [0.1, 0.15) is 0 Å². The molecule has 2 rings (SSSR count). The van der Waals surface area contributed by atoms with Crippen LogP contribution in [0.3, 0.4) is 0 Å². The lowest BCUT2D eigenvalue weighted by Crippen LogP contribution is -1.98. The molecule has 0 aromatic heterocycles. The monoisotopic (exact) mass is 333 g/mol. The van der Waals surface area contributed by atoms with Crippen molar-refractivity contribution < 1.29 is 5.11 Å². The van der Waals surface area contributed by atoms with Crippen molar-refractivity contribution >= 4 is 46.4 Å². The Morgan fingerprint density at radius 2 is 1.37 bits per heavy atom. The van der Waals surface area contributed by atoms with Gasteiger partial charge in [0.2, 0.25) is 0 Å². The normalized spacial score (nSPS) is 12.5. The molecule has 0 aliphatic heterocycles. The quantitative estimate of drug-likeness (QED) is 0.589. The Bertz CT molecular complexity index is 582. The maximum atomic E-state index is 12.0. The van der Waals surface area contributed by atoms with E-state index in [1.807, 2.05) is 6.92 Å². The Balaban J connectivity index is 2.52. The SMILES string of the molecule is CC(c1cc(Cl)cc(Cl)c1)c1c([O])cc(Cl)cc1Cl. The van der Waals surface area contributed by atoms with Gasteiger partial charge in [0.25, 0.3) is 0 Å². The molecule has 0 saturated carbocycles. The zero-order valence-corrected chi connectivity index (χ0v) is 12.9. The van der Waals surface area contributed by atoms with Crippen LogP contribution in [0.15, 0.2) is 30.3 Å². The fraction of sp³-hybridized carbons (Fsp3) is 0.143. The molecule has 2 aromatic carbocycles. The van der Waals surface area contributed by atoms with E-state index in [9.17, 15) is 5.11 Å². The molecule has 1 radical (unpaired) electrons. The van der Waals surface area contributed by atoms with Gasteiger partial charge in [0, 0.05) is 37.6 Å². The van der Waals surface area contributed by atoms with Crippen LogP contribution in [0, 0.1) is 0 Å². The second-order valence-corrected chi connectivity index (χ2v) is 5.94. The minimum absolute atomic E-state index is 0.193. The summed E-state index contributed by atoms with van der Waals surface area (Å²) < 4.78 is 0. The summed E-state index contributed by atoms with van der Waals surface area (Å²) in [5.74, 6) is -0.408. The van der Waals surface area contributed by atoms with Crippen LogP contribution in [0.2, 0.25) is 20.1 Å². The second-order valence-electron chi connectivity index (χ2n) is 4.22. The molecule has 0 aliphatic carbocycles. The van der Waals surface area contributed by atoms with Gasteiger partial charge in [0.15, 0.2) is 5.75 Å². The van der Waals surface area contributed by atoms with Gasteiger partial charge in [-0.1, -0.05) is 53.3 Å². The van der Waals surface area contributed by atoms with Crippen molar-refractivity contribution in [1.82, 2.24) is 0 Å². The first kappa shape index (κ1) is 14.8. The van der Waals surface area contributed by atoms with E-state index in [0.29, 0.717) is 25.7 Å². The summed E-state index contributed by atoms with van der Waals surface area (Å²) in [6.45, 7) is 1.87. The third-order valence-electron chi connectivity index (χ3n) is 2.87. The van der Waals surface area contributed by atoms with E-state index in [4.69, 9.17) is 46.4 Å². The molecule has 0 bridgehead atoms. The highest BCUT2D eigenvalue weighted by molar-refractivity contribution is 6.35. The smallest absolute Gasteiger partial charge is 0.185 e. The third-order valence-corrected chi connectivity index (χ3v) is 3.84. The lowest BCUT2D eigenvalue weighted by Gasteiger charge is -2.15. The van der Waals surface area contributed by atoms with E-state index in [2.05, 4.69) is 0 Å². The van der Waals surface area contributed by atoms with Crippen molar-refractivity contribution in [3.05, 3.63) is 61.5 Å². The van der Waals surface area contributed by atoms with Gasteiger partial charge in [-0.05, 0) is 29.8 Å². The molecule has 0 aliphatic rings. The molecule has 2 aromatic rings. The zero-order chi connectivity index (χ0) is 14.2. The number of halogens is 4. The first-order chi connectivity index (χ1) is 8.88. The molecule has 5 heteroatoms. The second kappa shape index (κ2) is 5.80. The molecule has 0 heterocycles. The molecule has 0 fully saturated rings. The van der Waals surface area contributed by atoms with Gasteiger partial charge in [0.05, 0.1) is 0 Å². The Morgan fingerprint density at radius 1 is 0.842 bits per heavy atom. The maximum absolute atomic E-state index is 12.0. The minimum Gasteiger partial charge on any atom is -0.290 e. The summed E-state index contributed by atoms with van der Waals surface area (Å²) in [5, 5.41) is 13.7. The lowest BCUT2D eigenvalue weighted by atomic mass is 9.92. The number of rotatable bonds is 2. The molecule has 1 atom stereocenters. The van der Waals surface area contributed by atoms with Gasteiger partial charge in [-0.15, -0.1) is 0 Å². The molecule has 0 amide bonds. The van der Waals surface area contributed by atoms with Crippen LogP contribution in [0.25, 0.3) is 0 Å². The molecular formula is C14H9Cl4O. The van der Waals surface area contributed by atoms with Crippen LogP contribution in [0.1, 0.15) is 24.0 Å². The average molecular weight is 335 g/mol. The molecule has 99 valence electrons. The Kier molecular flexibility index (Phi) is 4.52. The highest BCUT2D eigenvalue weighted by atomic mass is 35.5. The van der Waals surface area contributed by atoms with Crippen molar-refractivity contribution in [1.29, 1.82) is 0 Å². The van der Waals surface area contributed by atoms with Gasteiger partial charge >= 0.3 is 0 Å². The van der Waals surface area contributed by atoms with Crippen molar-refractivity contribution in [3.63, 3.8) is 0 Å². The molecule has 1 nitrogen and oxygen atoms in total. The van der Waals surface area contributed by atoms with E-state index in [1.165, 1.54) is 6.07 Å². The molecule has 1 unspecified atom stereocenters. The molecular weight excluding hydrogens is 326 g/mol. The third kappa shape index (κ3) is 3.29. The van der Waals surface area contributed by atoms with E-state index >= 15 is 0 Å². The summed E-state index contributed by atoms with van der Waals surface area (Å²) in [7, 11) is 0. The highest BCUT2D eigenvalue weighted by Crippen LogP contribution is 2.40. The van der Waals surface area contributed by atoms with E-state index in [1.54, 1.807) is 24.3 Å². The topological polar surface area (TPSA) is 19.9 Å². The summed E-state index contributed by atoms with van der Waals surface area (Å²) in [5.41, 5.74) is 1.32. The fourth-order valence-electron chi connectivity index (χ4n) is 1.97. The summed E-state index contributed by atoms with van der Waals surface area (Å²) >= 11 is 23.8. The van der Waals surface area contributed by atoms with Gasteiger partial charge in [-0.2, -0.15) is 0 Å². The number of hydrogen-bond donors (Lipinski definition) is 0. The number of hydrogen-bond acceptors (Lipinski definition) is 0. The lowest BCUT2D eigenvalue weighted by molar-refractivity contribution is 0.349. The van der Waals surface area contributed by atoms with Crippen molar-refractivity contribution in [2.75, 3.05) is 0 Å². The minimum atomic E-state index is -0.214. The van der Waals surface area contributed by atoms with Crippen LogP contribution in [0.5, 0.6) is 5.75 Å². The van der Waals surface area contributed by atoms with Crippen molar-refractivity contribution in [2.24, 2.45) is 0 Å². The van der Waals surface area contributed by atoms with Crippen LogP contribution < -0.4 is 0 Å². The average Bonchev–Trinajstić information content (AvgIpc) is 2.25. The van der Waals surface area contributed by atoms with E-state index in [-0.39, 0.29) is 11.7 Å². The molecule has 0 N–H and O–H groups in total. The summed E-state index contributed by atoms with van der Waals surface area (Å²) in [6, 6.07) is 8.08. The van der Waals surface area contributed by atoms with Crippen molar-refractivity contribution in [3.8, 4) is 5.75 Å². The van der Waals surface area contributed by atoms with E-state index < -0.39 is 0 Å². The van der Waals surface area contributed by atoms with Crippen LogP contribution in [-0.2, 0) is 5.11 Å². The Labute approximate surface area is 131 Å². The van der Waals surface area contributed by atoms with Gasteiger partial charge in [-0.3, -0.25) is 5.11 Å². The first-order valence-electron chi connectivity index (χ1n) is 5.50. The Hall–Kier alpha value is -0.600. The standard InChI is InChI=1S/C14H9Cl4O/c1-7(8-2-9(15)4-10(16)3-8)14-12(18)5-11(17)6-13(14)19/h2-7H,1H3. The van der Waals surface area contributed by atoms with Gasteiger partial charge in [-0.25, -0.2) is 0 Å². The van der Waals surface area contributed by atoms with Crippen LogP contribution >= 0.6 is 46.4 Å². The summed E-state index contributed by atoms with van der Waals surface area (Å²) in [6.07, 6.45) is 0. The Morgan fingerprint density at radius 3 is 1.89 bits per heavy atom. The van der Waals surface area contributed by atoms with Crippen LogP contribution in [-0.4, -0.2) is 0 Å².